The summed E-state index contributed by atoms with van der Waals surface area (Å²) in [4.78, 5) is 0. The zero-order chi connectivity index (χ0) is 12.0. The van der Waals surface area contributed by atoms with E-state index in [9.17, 15) is 13.2 Å². The molecule has 86 valence electrons. The molecule has 3 rings (SSSR count). The van der Waals surface area contributed by atoms with E-state index in [1.807, 2.05) is 24.3 Å². The predicted octanol–water partition coefficient (Wildman–Crippen LogP) is 0.814. The SMILES string of the molecule is FC(F)(F)c1ccc2c(c1)-c1ccccc1[I+]2. The van der Waals surface area contributed by atoms with Gasteiger partial charge in [0.15, 0.2) is 0 Å². The average Bonchev–Trinajstić information content (AvgIpc) is 2.65. The molecule has 17 heavy (non-hydrogen) atoms. The monoisotopic (exact) mass is 347 g/mol. The Morgan fingerprint density at radius 2 is 1.53 bits per heavy atom. The highest BCUT2D eigenvalue weighted by Crippen LogP contribution is 2.33. The summed E-state index contributed by atoms with van der Waals surface area (Å²) in [6.07, 6.45) is -4.26. The Morgan fingerprint density at radius 3 is 2.29 bits per heavy atom. The van der Waals surface area contributed by atoms with Crippen molar-refractivity contribution in [3.05, 3.63) is 55.2 Å². The Morgan fingerprint density at radius 1 is 0.824 bits per heavy atom. The fraction of sp³-hybridized carbons (Fsp3) is 0.0769. The van der Waals surface area contributed by atoms with Gasteiger partial charge < -0.3 is 0 Å². The fourth-order valence-corrected chi connectivity index (χ4v) is 4.73. The molecule has 1 heterocycles. The van der Waals surface area contributed by atoms with Crippen LogP contribution in [-0.4, -0.2) is 0 Å². The molecule has 0 nitrogen and oxygen atoms in total. The Kier molecular flexibility index (Phi) is 2.43. The van der Waals surface area contributed by atoms with E-state index in [-0.39, 0.29) is 21.2 Å². The molecule has 0 aromatic heterocycles. The van der Waals surface area contributed by atoms with E-state index in [2.05, 4.69) is 0 Å². The molecule has 1 aliphatic heterocycles. The van der Waals surface area contributed by atoms with Crippen molar-refractivity contribution in [2.24, 2.45) is 0 Å². The molecule has 0 saturated heterocycles. The lowest BCUT2D eigenvalue weighted by atomic mass is 10.0. The summed E-state index contributed by atoms with van der Waals surface area (Å²) < 4.78 is 40.2. The molecule has 0 unspecified atom stereocenters. The second kappa shape index (κ2) is 3.73. The zero-order valence-corrected chi connectivity index (χ0v) is 10.7. The molecule has 0 N–H and O–H groups in total. The molecular weight excluding hydrogens is 340 g/mol. The third kappa shape index (κ3) is 1.84. The summed E-state index contributed by atoms with van der Waals surface area (Å²) in [5.74, 6) is 0. The first-order valence-corrected chi connectivity index (χ1v) is 7.17. The molecule has 0 radical (unpaired) electrons. The van der Waals surface area contributed by atoms with Gasteiger partial charge in [0.25, 0.3) is 0 Å². The van der Waals surface area contributed by atoms with Gasteiger partial charge in [-0.2, -0.15) is 13.2 Å². The summed E-state index contributed by atoms with van der Waals surface area (Å²) in [5.41, 5.74) is 1.18. The molecule has 2 aromatic rings. The van der Waals surface area contributed by atoms with Gasteiger partial charge >= 0.3 is 27.4 Å². The summed E-state index contributed by atoms with van der Waals surface area (Å²) in [6, 6.07) is 11.8. The lowest BCUT2D eigenvalue weighted by Gasteiger charge is -2.06. The number of benzene rings is 2. The van der Waals surface area contributed by atoms with Crippen molar-refractivity contribution in [2.75, 3.05) is 0 Å². The van der Waals surface area contributed by atoms with Crippen LogP contribution < -0.4 is 21.2 Å². The average molecular weight is 347 g/mol. The van der Waals surface area contributed by atoms with Gasteiger partial charge in [-0.25, -0.2) is 0 Å². The number of hydrogen-bond acceptors (Lipinski definition) is 0. The zero-order valence-electron chi connectivity index (χ0n) is 8.55. The topological polar surface area (TPSA) is 0 Å². The maximum atomic E-state index is 12.6. The highest BCUT2D eigenvalue weighted by Gasteiger charge is 2.37. The first-order valence-electron chi connectivity index (χ1n) is 5.01. The maximum absolute atomic E-state index is 12.6. The van der Waals surface area contributed by atoms with Gasteiger partial charge in [-0.3, -0.25) is 0 Å². The highest BCUT2D eigenvalue weighted by molar-refractivity contribution is 5.65. The van der Waals surface area contributed by atoms with E-state index in [4.69, 9.17) is 0 Å². The van der Waals surface area contributed by atoms with Crippen LogP contribution in [0.2, 0.25) is 0 Å². The van der Waals surface area contributed by atoms with Gasteiger partial charge in [-0.05, 0) is 30.3 Å². The minimum absolute atomic E-state index is 0.314. The Bertz CT molecular complexity index is 587. The van der Waals surface area contributed by atoms with Crippen LogP contribution in [0.25, 0.3) is 11.1 Å². The van der Waals surface area contributed by atoms with Gasteiger partial charge in [0, 0.05) is 11.1 Å². The quantitative estimate of drug-likeness (QED) is 0.528. The number of fused-ring (bicyclic) bond motifs is 3. The van der Waals surface area contributed by atoms with E-state index in [1.54, 1.807) is 6.07 Å². The van der Waals surface area contributed by atoms with Crippen LogP contribution in [0.1, 0.15) is 5.56 Å². The molecule has 4 heteroatoms. The van der Waals surface area contributed by atoms with Crippen LogP contribution in [0, 0.1) is 7.14 Å². The van der Waals surface area contributed by atoms with Crippen LogP contribution in [-0.2, 0) is 6.18 Å². The number of alkyl halides is 3. The van der Waals surface area contributed by atoms with Crippen LogP contribution in [0.3, 0.4) is 0 Å². The molecule has 0 fully saturated rings. The van der Waals surface area contributed by atoms with Crippen LogP contribution in [0.15, 0.2) is 42.5 Å². The van der Waals surface area contributed by atoms with E-state index in [0.717, 1.165) is 14.7 Å². The molecule has 0 saturated carbocycles. The third-order valence-electron chi connectivity index (χ3n) is 2.66. The Balaban J connectivity index is 2.18. The van der Waals surface area contributed by atoms with Crippen molar-refractivity contribution in [1.82, 2.24) is 0 Å². The van der Waals surface area contributed by atoms with Crippen molar-refractivity contribution in [3.8, 4) is 11.1 Å². The minimum Gasteiger partial charge on any atom is -0.166 e. The number of hydrogen-bond donors (Lipinski definition) is 0. The molecule has 1 aliphatic rings. The van der Waals surface area contributed by atoms with Crippen LogP contribution in [0.5, 0.6) is 0 Å². The van der Waals surface area contributed by atoms with Crippen LogP contribution >= 0.6 is 0 Å². The van der Waals surface area contributed by atoms with E-state index >= 15 is 0 Å². The molecule has 0 amide bonds. The number of rotatable bonds is 0. The lowest BCUT2D eigenvalue weighted by Crippen LogP contribution is -3.61. The van der Waals surface area contributed by atoms with Gasteiger partial charge in [-0.15, -0.1) is 0 Å². The summed E-state index contributed by atoms with van der Waals surface area (Å²) in [5, 5.41) is 0. The summed E-state index contributed by atoms with van der Waals surface area (Å²) in [7, 11) is 0. The van der Waals surface area contributed by atoms with E-state index < -0.39 is 11.7 Å². The second-order valence-corrected chi connectivity index (χ2v) is 6.63. The van der Waals surface area contributed by atoms with E-state index in [0.29, 0.717) is 0 Å². The van der Waals surface area contributed by atoms with E-state index in [1.165, 1.54) is 15.7 Å². The van der Waals surface area contributed by atoms with Crippen molar-refractivity contribution in [3.63, 3.8) is 0 Å². The molecule has 0 atom stereocenters. The Labute approximate surface area is 107 Å². The molecule has 0 bridgehead atoms. The largest absolute Gasteiger partial charge is 0.416 e. The van der Waals surface area contributed by atoms with Crippen molar-refractivity contribution < 1.29 is 34.4 Å². The predicted molar refractivity (Wildman–Crippen MR) is 54.3 cm³/mol. The third-order valence-corrected chi connectivity index (χ3v) is 5.70. The van der Waals surface area contributed by atoms with Crippen molar-refractivity contribution in [2.45, 2.75) is 6.18 Å². The number of halogens is 4. The normalized spacial score (nSPS) is 13.4. The smallest absolute Gasteiger partial charge is 0.166 e. The Hall–Kier alpha value is -1.04. The van der Waals surface area contributed by atoms with Gasteiger partial charge in [-0.1, -0.05) is 12.1 Å². The lowest BCUT2D eigenvalue weighted by molar-refractivity contribution is -0.589. The minimum atomic E-state index is -4.26. The maximum Gasteiger partial charge on any atom is 0.416 e. The first kappa shape index (κ1) is 11.1. The van der Waals surface area contributed by atoms with Crippen molar-refractivity contribution >= 4 is 0 Å². The van der Waals surface area contributed by atoms with Crippen molar-refractivity contribution in [1.29, 1.82) is 0 Å². The molecular formula is C13H7F3I+. The summed E-state index contributed by atoms with van der Waals surface area (Å²) in [6.45, 7) is 0. The van der Waals surface area contributed by atoms with Gasteiger partial charge in [0.05, 0.1) is 5.56 Å². The second-order valence-electron chi connectivity index (χ2n) is 3.77. The highest BCUT2D eigenvalue weighted by atomic mass is 127. The van der Waals surface area contributed by atoms with Gasteiger partial charge in [0.1, 0.15) is 0 Å². The standard InChI is InChI=1S/C13H7F3I/c14-13(15,16)8-5-6-12-10(7-8)9-3-1-2-4-11(9)17-12/h1-7H/q+1. The first-order chi connectivity index (χ1) is 8.05. The van der Waals surface area contributed by atoms with Gasteiger partial charge in [0.2, 0.25) is 7.14 Å². The summed E-state index contributed by atoms with van der Waals surface area (Å²) >= 11 is -0.314. The van der Waals surface area contributed by atoms with Crippen LogP contribution in [0.4, 0.5) is 13.2 Å². The molecule has 0 spiro atoms. The fourth-order valence-electron chi connectivity index (χ4n) is 1.86. The molecule has 2 aromatic carbocycles. The molecule has 0 aliphatic carbocycles.